The van der Waals surface area contributed by atoms with Crippen molar-refractivity contribution in [2.75, 3.05) is 0 Å². The topological polar surface area (TPSA) is 35.9 Å². The molecule has 0 unspecified atom stereocenters. The van der Waals surface area contributed by atoms with Gasteiger partial charge in [-0.2, -0.15) is 9.13 Å². The number of hydrogen-bond donors (Lipinski definition) is 0. The van der Waals surface area contributed by atoms with Gasteiger partial charge in [-0.05, 0) is 111 Å². The van der Waals surface area contributed by atoms with E-state index in [1.165, 1.54) is 38.9 Å². The van der Waals surface area contributed by atoms with Crippen LogP contribution >= 0.6 is 0 Å². The van der Waals surface area contributed by atoms with Crippen molar-refractivity contribution in [2.24, 2.45) is 0 Å². The Bertz CT molecular complexity index is 3070. The Hall–Kier alpha value is -6.17. The first-order valence-electron chi connectivity index (χ1n) is 21.8. The Morgan fingerprint density at radius 1 is 0.581 bits per heavy atom. The van der Waals surface area contributed by atoms with E-state index in [4.69, 9.17) is 9.72 Å². The van der Waals surface area contributed by atoms with Crippen LogP contribution < -0.4 is 21.7 Å². The molecular formula is C56H57ClN4O. The van der Waals surface area contributed by atoms with Crippen LogP contribution in [0.1, 0.15) is 103 Å². The molecule has 314 valence electrons. The molecule has 0 fully saturated rings. The van der Waals surface area contributed by atoms with E-state index in [9.17, 15) is 0 Å². The van der Waals surface area contributed by atoms with Gasteiger partial charge in [-0.25, -0.2) is 4.98 Å². The number of imidazole rings is 1. The van der Waals surface area contributed by atoms with E-state index in [1.807, 2.05) is 6.20 Å². The van der Waals surface area contributed by atoms with Gasteiger partial charge < -0.3 is 17.1 Å². The van der Waals surface area contributed by atoms with Crippen molar-refractivity contribution < 1.29 is 21.7 Å². The van der Waals surface area contributed by atoms with Crippen molar-refractivity contribution in [3.05, 3.63) is 174 Å². The summed E-state index contributed by atoms with van der Waals surface area (Å²) in [5.41, 5.74) is 14.2. The van der Waals surface area contributed by atoms with Crippen LogP contribution in [0, 0.1) is 0 Å². The SMILES string of the molecule is CC(C)c1cccc(C(C)C)c1-c1cc(Oc2ccc3c4ccccc4n(-c4cc(C(C)(C)C)ccn4)c3c2)cc(-[n+]2cn(-c3ccccc3C(C)(C)C)c3ccccc32)c1.[Cl-]. The van der Waals surface area contributed by atoms with Crippen LogP contribution in [-0.2, 0) is 10.8 Å². The van der Waals surface area contributed by atoms with Gasteiger partial charge in [0.05, 0.1) is 11.0 Å². The van der Waals surface area contributed by atoms with Gasteiger partial charge in [0.15, 0.2) is 11.0 Å². The number of benzene rings is 6. The van der Waals surface area contributed by atoms with E-state index in [-0.39, 0.29) is 23.2 Å². The molecule has 0 N–H and O–H groups in total. The largest absolute Gasteiger partial charge is 1.00 e. The zero-order chi connectivity index (χ0) is 42.8. The monoisotopic (exact) mass is 836 g/mol. The van der Waals surface area contributed by atoms with Crippen molar-refractivity contribution in [3.8, 4) is 39.8 Å². The number of halogens is 1. The molecule has 0 atom stereocenters. The zero-order valence-corrected chi connectivity index (χ0v) is 38.4. The first kappa shape index (κ1) is 42.5. The minimum Gasteiger partial charge on any atom is -1.00 e. The molecule has 0 aliphatic rings. The zero-order valence-electron chi connectivity index (χ0n) is 37.7. The summed E-state index contributed by atoms with van der Waals surface area (Å²) in [6, 6.07) is 50.5. The lowest BCUT2D eigenvalue weighted by Crippen LogP contribution is -3.00. The first-order valence-corrected chi connectivity index (χ1v) is 21.8. The number of pyridine rings is 1. The van der Waals surface area contributed by atoms with E-state index in [0.717, 1.165) is 56.0 Å². The van der Waals surface area contributed by atoms with Gasteiger partial charge in [0, 0.05) is 34.7 Å². The number of ether oxygens (including phenoxy) is 1. The third kappa shape index (κ3) is 7.68. The Kier molecular flexibility index (Phi) is 11.2. The Balaban J connectivity index is 0.00000529. The molecule has 0 saturated carbocycles. The van der Waals surface area contributed by atoms with Crippen LogP contribution in [0.15, 0.2) is 152 Å². The molecule has 5 nitrogen and oxygen atoms in total. The van der Waals surface area contributed by atoms with E-state index in [0.29, 0.717) is 11.8 Å². The molecule has 3 aromatic heterocycles. The third-order valence-corrected chi connectivity index (χ3v) is 12.2. The van der Waals surface area contributed by atoms with E-state index < -0.39 is 0 Å². The number of para-hydroxylation sites is 4. The molecule has 6 aromatic carbocycles. The smallest absolute Gasteiger partial charge is 0.255 e. The number of hydrogen-bond acceptors (Lipinski definition) is 2. The van der Waals surface area contributed by atoms with Crippen LogP contribution in [0.4, 0.5) is 0 Å². The fourth-order valence-corrected chi connectivity index (χ4v) is 9.04. The van der Waals surface area contributed by atoms with Gasteiger partial charge in [0.2, 0.25) is 0 Å². The highest BCUT2D eigenvalue weighted by Crippen LogP contribution is 2.41. The van der Waals surface area contributed by atoms with Gasteiger partial charge in [-0.1, -0.05) is 136 Å². The molecule has 9 aromatic rings. The molecule has 9 rings (SSSR count). The van der Waals surface area contributed by atoms with Crippen LogP contribution in [-0.4, -0.2) is 14.1 Å². The first-order chi connectivity index (χ1) is 29.2. The van der Waals surface area contributed by atoms with Crippen molar-refractivity contribution in [1.29, 1.82) is 0 Å². The Morgan fingerprint density at radius 3 is 1.95 bits per heavy atom. The predicted molar refractivity (Wildman–Crippen MR) is 254 cm³/mol. The molecule has 6 heteroatoms. The van der Waals surface area contributed by atoms with Gasteiger partial charge in [0.1, 0.15) is 28.7 Å². The number of fused-ring (bicyclic) bond motifs is 4. The standard InChI is InChI=1S/C56H57N4O.ClH/c1-36(2)43-19-17-20-44(37(3)4)54(43)38-30-40(58-35-59(51-25-16-15-24-50(51)58)49-23-14-12-21-47(49)56(8,9)10)33-42(31-38)61-41-26-27-46-45-18-11-13-22-48(45)60(52(46)34-41)53-32-39(28-29-57-53)55(5,6)7;/h11-37H,1-10H3;1H/q+1;/p-1. The van der Waals surface area contributed by atoms with Crippen molar-refractivity contribution >= 4 is 32.8 Å². The van der Waals surface area contributed by atoms with Crippen LogP contribution in [0.25, 0.3) is 61.2 Å². The molecular weight excluding hydrogens is 780 g/mol. The molecule has 3 heterocycles. The van der Waals surface area contributed by atoms with Gasteiger partial charge in [0.25, 0.3) is 6.33 Å². The number of nitrogens with zero attached hydrogens (tertiary/aromatic N) is 4. The van der Waals surface area contributed by atoms with Gasteiger partial charge in [-0.3, -0.25) is 4.57 Å². The van der Waals surface area contributed by atoms with Crippen molar-refractivity contribution in [1.82, 2.24) is 14.1 Å². The molecule has 0 spiro atoms. The van der Waals surface area contributed by atoms with Gasteiger partial charge in [-0.15, -0.1) is 0 Å². The van der Waals surface area contributed by atoms with Crippen molar-refractivity contribution in [2.45, 2.75) is 91.9 Å². The molecule has 0 bridgehead atoms. The summed E-state index contributed by atoms with van der Waals surface area (Å²) in [5.74, 6) is 3.10. The van der Waals surface area contributed by atoms with Crippen LogP contribution in [0.5, 0.6) is 11.5 Å². The van der Waals surface area contributed by atoms with Crippen LogP contribution in [0.2, 0.25) is 0 Å². The lowest BCUT2D eigenvalue weighted by atomic mass is 9.85. The van der Waals surface area contributed by atoms with E-state index >= 15 is 0 Å². The molecule has 0 amide bonds. The maximum Gasteiger partial charge on any atom is 0.255 e. The molecule has 0 radical (unpaired) electrons. The summed E-state index contributed by atoms with van der Waals surface area (Å²) in [6.07, 6.45) is 4.18. The number of rotatable bonds is 8. The average Bonchev–Trinajstić information content (AvgIpc) is 3.79. The number of aromatic nitrogens is 4. The second kappa shape index (κ2) is 16.3. The summed E-state index contributed by atoms with van der Waals surface area (Å²) in [7, 11) is 0. The molecule has 0 aliphatic heterocycles. The summed E-state index contributed by atoms with van der Waals surface area (Å²) in [6.45, 7) is 22.8. The molecule has 0 aliphatic carbocycles. The van der Waals surface area contributed by atoms with E-state index in [1.54, 1.807) is 0 Å². The maximum atomic E-state index is 7.09. The minimum absolute atomic E-state index is 0. The maximum absolute atomic E-state index is 7.09. The third-order valence-electron chi connectivity index (χ3n) is 12.2. The second-order valence-electron chi connectivity index (χ2n) is 19.2. The molecule has 62 heavy (non-hydrogen) atoms. The summed E-state index contributed by atoms with van der Waals surface area (Å²) >= 11 is 0. The highest BCUT2D eigenvalue weighted by atomic mass is 35.5. The fourth-order valence-electron chi connectivity index (χ4n) is 9.04. The highest BCUT2D eigenvalue weighted by molar-refractivity contribution is 6.09. The van der Waals surface area contributed by atoms with Crippen molar-refractivity contribution in [3.63, 3.8) is 0 Å². The summed E-state index contributed by atoms with van der Waals surface area (Å²) in [5, 5.41) is 2.34. The summed E-state index contributed by atoms with van der Waals surface area (Å²) < 4.78 is 14.0. The lowest BCUT2D eigenvalue weighted by molar-refractivity contribution is -0.567. The van der Waals surface area contributed by atoms with Gasteiger partial charge >= 0.3 is 0 Å². The quantitative estimate of drug-likeness (QED) is 0.143. The van der Waals surface area contributed by atoms with E-state index in [2.05, 4.69) is 229 Å². The second-order valence-corrected chi connectivity index (χ2v) is 19.2. The Morgan fingerprint density at radius 2 is 1.24 bits per heavy atom. The summed E-state index contributed by atoms with van der Waals surface area (Å²) in [4.78, 5) is 4.93. The predicted octanol–water partition coefficient (Wildman–Crippen LogP) is 11.7. The highest BCUT2D eigenvalue weighted by Gasteiger charge is 2.27. The normalized spacial score (nSPS) is 12.2. The Labute approximate surface area is 373 Å². The lowest BCUT2D eigenvalue weighted by Gasteiger charge is -2.21. The average molecular weight is 838 g/mol. The fraction of sp³-hybridized carbons (Fsp3) is 0.250. The minimum atomic E-state index is -0.0419. The van der Waals surface area contributed by atoms with Crippen LogP contribution in [0.3, 0.4) is 0 Å². The molecule has 0 saturated heterocycles.